The standard InChI is InChI=1S/C22H32O3/c1-13-7-9-21(3)15(11-13)5-6-16-17(21)8-10-22(4)18(16)12-19(20(22)24)25-14(2)23/h5,13,16-19H,6-12H2,1-4H3/t13-,16?,17?,18?,19-,21+,22+/m1/s1. The second kappa shape index (κ2) is 5.69. The highest BCUT2D eigenvalue weighted by atomic mass is 16.5. The molecule has 0 amide bonds. The second-order valence-corrected chi connectivity index (χ2v) is 9.76. The maximum atomic E-state index is 13.0. The molecule has 4 aliphatic carbocycles. The Balaban J connectivity index is 1.64. The number of allylic oxidation sites excluding steroid dienone is 2. The van der Waals surface area contributed by atoms with Gasteiger partial charge in [0.1, 0.15) is 0 Å². The van der Waals surface area contributed by atoms with E-state index in [-0.39, 0.29) is 17.2 Å². The number of carbonyl (C=O) groups is 2. The van der Waals surface area contributed by atoms with Crippen LogP contribution in [-0.4, -0.2) is 17.9 Å². The fourth-order valence-electron chi connectivity index (χ4n) is 6.91. The highest BCUT2D eigenvalue weighted by Gasteiger charge is 2.61. The first-order valence-corrected chi connectivity index (χ1v) is 10.2. The van der Waals surface area contributed by atoms with Gasteiger partial charge in [-0.1, -0.05) is 32.4 Å². The van der Waals surface area contributed by atoms with E-state index in [2.05, 4.69) is 26.8 Å². The summed E-state index contributed by atoms with van der Waals surface area (Å²) in [6.07, 6.45) is 9.87. The topological polar surface area (TPSA) is 43.4 Å². The van der Waals surface area contributed by atoms with Gasteiger partial charge in [-0.3, -0.25) is 9.59 Å². The summed E-state index contributed by atoms with van der Waals surface area (Å²) in [6, 6.07) is 0. The monoisotopic (exact) mass is 344 g/mol. The van der Waals surface area contributed by atoms with Crippen LogP contribution in [0.2, 0.25) is 0 Å². The summed E-state index contributed by atoms with van der Waals surface area (Å²) in [5.74, 6) is 2.31. The number of rotatable bonds is 1. The van der Waals surface area contributed by atoms with Crippen LogP contribution in [-0.2, 0) is 14.3 Å². The van der Waals surface area contributed by atoms with Gasteiger partial charge in [0, 0.05) is 12.3 Å². The molecule has 7 atom stereocenters. The zero-order chi connectivity index (χ0) is 18.0. The van der Waals surface area contributed by atoms with Crippen molar-refractivity contribution in [2.24, 2.45) is 34.5 Å². The molecule has 0 N–H and O–H groups in total. The number of esters is 1. The average molecular weight is 344 g/mol. The van der Waals surface area contributed by atoms with Crippen molar-refractivity contribution in [1.29, 1.82) is 0 Å². The third-order valence-corrected chi connectivity index (χ3v) is 8.37. The van der Waals surface area contributed by atoms with Gasteiger partial charge in [0.25, 0.3) is 0 Å². The van der Waals surface area contributed by atoms with Crippen LogP contribution in [0.5, 0.6) is 0 Å². The van der Waals surface area contributed by atoms with E-state index in [1.165, 1.54) is 26.2 Å². The lowest BCUT2D eigenvalue weighted by molar-refractivity contribution is -0.153. The Morgan fingerprint density at radius 3 is 2.60 bits per heavy atom. The van der Waals surface area contributed by atoms with Crippen molar-refractivity contribution < 1.29 is 14.3 Å². The molecule has 0 saturated heterocycles. The van der Waals surface area contributed by atoms with Crippen LogP contribution < -0.4 is 0 Å². The molecule has 3 heteroatoms. The van der Waals surface area contributed by atoms with E-state index in [4.69, 9.17) is 4.74 Å². The van der Waals surface area contributed by atoms with Crippen LogP contribution >= 0.6 is 0 Å². The lowest BCUT2D eigenvalue weighted by atomic mass is 9.47. The van der Waals surface area contributed by atoms with E-state index in [0.717, 1.165) is 31.6 Å². The molecule has 4 rings (SSSR count). The molecular formula is C22H32O3. The lowest BCUT2D eigenvalue weighted by Crippen LogP contribution is -2.50. The SMILES string of the molecule is CC(=O)O[C@@H]1CC2C3CC=C4C[C@H](C)CC[C@]4(C)C3CC[C@]2(C)C1=O. The third-order valence-electron chi connectivity index (χ3n) is 8.37. The number of hydrogen-bond donors (Lipinski definition) is 0. The first-order valence-electron chi connectivity index (χ1n) is 10.2. The van der Waals surface area contributed by atoms with Crippen molar-refractivity contribution in [1.82, 2.24) is 0 Å². The van der Waals surface area contributed by atoms with Crippen molar-refractivity contribution in [3.63, 3.8) is 0 Å². The van der Waals surface area contributed by atoms with Crippen LogP contribution in [0.1, 0.15) is 72.6 Å². The summed E-state index contributed by atoms with van der Waals surface area (Å²) in [5.41, 5.74) is 1.74. The molecule has 4 aliphatic rings. The molecule has 25 heavy (non-hydrogen) atoms. The average Bonchev–Trinajstić information content (AvgIpc) is 2.79. The summed E-state index contributed by atoms with van der Waals surface area (Å²) in [6.45, 7) is 8.43. The minimum Gasteiger partial charge on any atom is -0.455 e. The van der Waals surface area contributed by atoms with Gasteiger partial charge in [0.05, 0.1) is 0 Å². The molecular weight excluding hydrogens is 312 g/mol. The molecule has 0 heterocycles. The van der Waals surface area contributed by atoms with E-state index in [9.17, 15) is 9.59 Å². The number of fused-ring (bicyclic) bond motifs is 5. The van der Waals surface area contributed by atoms with Crippen LogP contribution in [0.3, 0.4) is 0 Å². The zero-order valence-corrected chi connectivity index (χ0v) is 16.1. The molecule has 3 saturated carbocycles. The van der Waals surface area contributed by atoms with E-state index in [1.807, 2.05) is 0 Å². The number of ether oxygens (including phenoxy) is 1. The Morgan fingerprint density at radius 2 is 1.88 bits per heavy atom. The minimum absolute atomic E-state index is 0.184. The normalized spacial score (nSPS) is 48.9. The van der Waals surface area contributed by atoms with Crippen molar-refractivity contribution in [2.45, 2.75) is 78.7 Å². The van der Waals surface area contributed by atoms with Crippen LogP contribution in [0, 0.1) is 34.5 Å². The highest BCUT2D eigenvalue weighted by molar-refractivity contribution is 5.92. The van der Waals surface area contributed by atoms with Crippen LogP contribution in [0.4, 0.5) is 0 Å². The number of Topliss-reactive ketones (excluding diaryl/α,β-unsaturated/α-hetero) is 1. The predicted molar refractivity (Wildman–Crippen MR) is 96.8 cm³/mol. The first-order chi connectivity index (χ1) is 11.8. The lowest BCUT2D eigenvalue weighted by Gasteiger charge is -2.56. The Labute approximate surface area is 151 Å². The van der Waals surface area contributed by atoms with Gasteiger partial charge in [0.2, 0.25) is 0 Å². The molecule has 0 radical (unpaired) electrons. The van der Waals surface area contributed by atoms with Crippen molar-refractivity contribution in [3.05, 3.63) is 11.6 Å². The van der Waals surface area contributed by atoms with E-state index in [0.29, 0.717) is 23.2 Å². The van der Waals surface area contributed by atoms with Gasteiger partial charge in [-0.25, -0.2) is 0 Å². The Bertz CT molecular complexity index is 635. The van der Waals surface area contributed by atoms with E-state index >= 15 is 0 Å². The van der Waals surface area contributed by atoms with Gasteiger partial charge in [-0.05, 0) is 74.0 Å². The molecule has 0 aromatic rings. The zero-order valence-electron chi connectivity index (χ0n) is 16.1. The summed E-state index contributed by atoms with van der Waals surface area (Å²) in [5, 5.41) is 0. The summed E-state index contributed by atoms with van der Waals surface area (Å²) in [4.78, 5) is 24.4. The molecule has 0 spiro atoms. The molecule has 3 unspecified atom stereocenters. The summed E-state index contributed by atoms with van der Waals surface area (Å²) < 4.78 is 5.40. The van der Waals surface area contributed by atoms with Crippen molar-refractivity contribution in [3.8, 4) is 0 Å². The van der Waals surface area contributed by atoms with Crippen LogP contribution in [0.25, 0.3) is 0 Å². The molecule has 138 valence electrons. The third kappa shape index (κ3) is 2.44. The minimum atomic E-state index is -0.504. The van der Waals surface area contributed by atoms with Gasteiger partial charge < -0.3 is 4.74 Å². The quantitative estimate of drug-likeness (QED) is 0.512. The Morgan fingerprint density at radius 1 is 1.16 bits per heavy atom. The van der Waals surface area contributed by atoms with Gasteiger partial charge in [0.15, 0.2) is 11.9 Å². The number of hydrogen-bond acceptors (Lipinski definition) is 3. The highest BCUT2D eigenvalue weighted by Crippen LogP contribution is 2.64. The molecule has 3 fully saturated rings. The van der Waals surface area contributed by atoms with E-state index < -0.39 is 6.10 Å². The Hall–Kier alpha value is -1.12. The molecule has 0 bridgehead atoms. The second-order valence-electron chi connectivity index (χ2n) is 9.76. The van der Waals surface area contributed by atoms with Crippen molar-refractivity contribution >= 4 is 11.8 Å². The smallest absolute Gasteiger partial charge is 0.303 e. The Kier molecular flexibility index (Phi) is 3.94. The summed E-state index contributed by atoms with van der Waals surface area (Å²) >= 11 is 0. The van der Waals surface area contributed by atoms with Crippen molar-refractivity contribution in [2.75, 3.05) is 0 Å². The summed E-state index contributed by atoms with van der Waals surface area (Å²) in [7, 11) is 0. The molecule has 0 aromatic carbocycles. The maximum Gasteiger partial charge on any atom is 0.303 e. The fourth-order valence-corrected chi connectivity index (χ4v) is 6.91. The predicted octanol–water partition coefficient (Wildman–Crippen LogP) is 4.70. The fraction of sp³-hybridized carbons (Fsp3) is 0.818. The number of carbonyl (C=O) groups excluding carboxylic acids is 2. The molecule has 0 aromatic heterocycles. The van der Waals surface area contributed by atoms with E-state index in [1.54, 1.807) is 5.57 Å². The molecule has 3 nitrogen and oxygen atoms in total. The first kappa shape index (κ1) is 17.3. The molecule has 0 aliphatic heterocycles. The van der Waals surface area contributed by atoms with Gasteiger partial charge >= 0.3 is 5.97 Å². The maximum absolute atomic E-state index is 13.0. The number of ketones is 1. The largest absolute Gasteiger partial charge is 0.455 e. The van der Waals surface area contributed by atoms with Gasteiger partial charge in [-0.15, -0.1) is 0 Å². The van der Waals surface area contributed by atoms with Crippen LogP contribution in [0.15, 0.2) is 11.6 Å². The van der Waals surface area contributed by atoms with Gasteiger partial charge in [-0.2, -0.15) is 0 Å².